The van der Waals surface area contributed by atoms with Crippen LogP contribution in [0.25, 0.3) is 12.2 Å². The number of carbonyl (C=O) groups excluding carboxylic acids is 1. The number of nitrogens with zero attached hydrogens (tertiary/aromatic N) is 1. The fourth-order valence-corrected chi connectivity index (χ4v) is 1.52. The van der Waals surface area contributed by atoms with Crippen LogP contribution < -0.4 is 16.0 Å². The fraction of sp³-hybridized carbons (Fsp3) is 0.273. The smallest absolute Gasteiger partial charge is 0.213 e. The summed E-state index contributed by atoms with van der Waals surface area (Å²) in [4.78, 5) is 17.6. The van der Waals surface area contributed by atoms with E-state index in [2.05, 4.69) is 34.4 Å². The van der Waals surface area contributed by atoms with E-state index >= 15 is 0 Å². The topological polar surface area (TPSA) is 57.8 Å². The Morgan fingerprint density at radius 2 is 2.53 bits per heavy atom. The van der Waals surface area contributed by atoms with E-state index in [4.69, 9.17) is 0 Å². The molecule has 1 aromatic heterocycles. The van der Waals surface area contributed by atoms with E-state index in [9.17, 15) is 4.79 Å². The summed E-state index contributed by atoms with van der Waals surface area (Å²) in [5, 5.41) is 4.34. The maximum Gasteiger partial charge on any atom is 0.213 e. The van der Waals surface area contributed by atoms with Crippen LogP contribution >= 0.6 is 0 Å². The Balaban J connectivity index is 2.48. The minimum absolute atomic E-state index is 0.491. The van der Waals surface area contributed by atoms with Crippen LogP contribution in [0.2, 0.25) is 0 Å². The van der Waals surface area contributed by atoms with Gasteiger partial charge in [0.2, 0.25) is 12.4 Å². The molecule has 1 unspecified atom stereocenters. The molecule has 2 rings (SSSR count). The van der Waals surface area contributed by atoms with Gasteiger partial charge in [0, 0.05) is 0 Å². The maximum atomic E-state index is 10.3. The number of aromatic amines is 1. The number of imidazole rings is 1. The largest absolute Gasteiger partial charge is 0.324 e. The number of anilines is 1. The van der Waals surface area contributed by atoms with E-state index in [0.29, 0.717) is 18.3 Å². The predicted molar refractivity (Wildman–Crippen MR) is 59.4 cm³/mol. The molecule has 1 aromatic rings. The summed E-state index contributed by atoms with van der Waals surface area (Å²) in [6.07, 6.45) is 9.77. The second kappa shape index (κ2) is 4.13. The Hall–Kier alpha value is -1.84. The number of aromatic nitrogens is 2. The molecule has 0 aliphatic heterocycles. The molecule has 0 saturated heterocycles. The van der Waals surface area contributed by atoms with Crippen LogP contribution in [0.3, 0.4) is 0 Å². The molecule has 78 valence electrons. The van der Waals surface area contributed by atoms with E-state index in [-0.39, 0.29) is 0 Å². The van der Waals surface area contributed by atoms with E-state index in [1.54, 1.807) is 0 Å². The summed E-state index contributed by atoms with van der Waals surface area (Å²) in [5.74, 6) is 1.01. The SMILES string of the molecule is CC1C=C/C=c2/[nH]c(NC=O)n/c2=C\C1. The lowest BCUT2D eigenvalue weighted by Gasteiger charge is -2.00. The molecule has 1 aliphatic carbocycles. The van der Waals surface area contributed by atoms with Crippen molar-refractivity contribution in [3.05, 3.63) is 22.9 Å². The Morgan fingerprint density at radius 1 is 1.67 bits per heavy atom. The normalized spacial score (nSPS) is 23.7. The van der Waals surface area contributed by atoms with Crippen molar-refractivity contribution < 1.29 is 4.79 Å². The first-order valence-corrected chi connectivity index (χ1v) is 4.94. The highest BCUT2D eigenvalue weighted by atomic mass is 16.1. The van der Waals surface area contributed by atoms with E-state index in [1.807, 2.05) is 12.2 Å². The molecular weight excluding hydrogens is 190 g/mol. The Kier molecular flexibility index (Phi) is 2.67. The maximum absolute atomic E-state index is 10.3. The van der Waals surface area contributed by atoms with E-state index < -0.39 is 0 Å². The molecule has 15 heavy (non-hydrogen) atoms. The highest BCUT2D eigenvalue weighted by Gasteiger charge is 2.00. The summed E-state index contributed by atoms with van der Waals surface area (Å²) in [7, 11) is 0. The highest BCUT2D eigenvalue weighted by molar-refractivity contribution is 5.66. The molecule has 0 aromatic carbocycles. The van der Waals surface area contributed by atoms with Gasteiger partial charge in [-0.3, -0.25) is 10.1 Å². The number of allylic oxidation sites excluding steroid dienone is 2. The van der Waals surface area contributed by atoms with Crippen molar-refractivity contribution in [3.8, 4) is 0 Å². The fourth-order valence-electron chi connectivity index (χ4n) is 1.52. The minimum atomic E-state index is 0.491. The molecule has 0 saturated carbocycles. The van der Waals surface area contributed by atoms with Gasteiger partial charge >= 0.3 is 0 Å². The minimum Gasteiger partial charge on any atom is -0.324 e. The lowest BCUT2D eigenvalue weighted by Crippen LogP contribution is -2.24. The molecule has 0 bridgehead atoms. The molecule has 0 spiro atoms. The molecule has 4 heteroatoms. The number of carbonyl (C=O) groups is 1. The highest BCUT2D eigenvalue weighted by Crippen LogP contribution is 2.05. The molecular formula is C11H13N3O. The lowest BCUT2D eigenvalue weighted by atomic mass is 10.1. The van der Waals surface area contributed by atoms with Crippen molar-refractivity contribution >= 4 is 24.5 Å². The van der Waals surface area contributed by atoms with Gasteiger partial charge in [0.05, 0.1) is 10.7 Å². The number of amides is 1. The van der Waals surface area contributed by atoms with Gasteiger partial charge in [-0.1, -0.05) is 25.2 Å². The van der Waals surface area contributed by atoms with Gasteiger partial charge in [-0.05, 0) is 18.4 Å². The Bertz CT molecular complexity index is 498. The molecule has 1 heterocycles. The first kappa shape index (κ1) is 9.71. The number of nitrogens with one attached hydrogen (secondary N) is 2. The zero-order chi connectivity index (χ0) is 10.7. The van der Waals surface area contributed by atoms with Crippen LogP contribution in [0.5, 0.6) is 0 Å². The van der Waals surface area contributed by atoms with Gasteiger partial charge in [-0.15, -0.1) is 0 Å². The lowest BCUT2D eigenvalue weighted by molar-refractivity contribution is -0.105. The second-order valence-corrected chi connectivity index (χ2v) is 3.62. The molecule has 0 fully saturated rings. The van der Waals surface area contributed by atoms with Gasteiger partial charge in [-0.25, -0.2) is 4.98 Å². The third-order valence-corrected chi connectivity index (χ3v) is 2.34. The summed E-state index contributed by atoms with van der Waals surface area (Å²) < 4.78 is 0. The third kappa shape index (κ3) is 2.15. The molecule has 2 N–H and O–H groups in total. The summed E-state index contributed by atoms with van der Waals surface area (Å²) in [6.45, 7) is 2.16. The number of hydrogen-bond donors (Lipinski definition) is 2. The first-order valence-electron chi connectivity index (χ1n) is 4.94. The van der Waals surface area contributed by atoms with Crippen LogP contribution in [-0.4, -0.2) is 16.4 Å². The zero-order valence-corrected chi connectivity index (χ0v) is 8.53. The van der Waals surface area contributed by atoms with Crippen molar-refractivity contribution in [1.82, 2.24) is 9.97 Å². The molecule has 1 atom stereocenters. The van der Waals surface area contributed by atoms with Crippen LogP contribution in [0.4, 0.5) is 5.95 Å². The van der Waals surface area contributed by atoms with Crippen LogP contribution in [0, 0.1) is 5.92 Å². The van der Waals surface area contributed by atoms with Crippen molar-refractivity contribution in [2.75, 3.05) is 5.32 Å². The van der Waals surface area contributed by atoms with Crippen molar-refractivity contribution in [2.24, 2.45) is 5.92 Å². The Labute approximate surface area is 87.4 Å². The molecule has 0 radical (unpaired) electrons. The Morgan fingerprint density at radius 3 is 3.33 bits per heavy atom. The summed E-state index contributed by atoms with van der Waals surface area (Å²) in [5.41, 5.74) is 0. The molecule has 1 amide bonds. The van der Waals surface area contributed by atoms with Crippen molar-refractivity contribution in [2.45, 2.75) is 13.3 Å². The van der Waals surface area contributed by atoms with Crippen LogP contribution in [0.15, 0.2) is 12.2 Å². The van der Waals surface area contributed by atoms with E-state index in [1.165, 1.54) is 0 Å². The predicted octanol–water partition coefficient (Wildman–Crippen LogP) is 0.135. The average Bonchev–Trinajstić information content (AvgIpc) is 2.55. The number of H-pyrrole nitrogens is 1. The van der Waals surface area contributed by atoms with Gasteiger partial charge in [0.1, 0.15) is 0 Å². The molecule has 4 nitrogen and oxygen atoms in total. The monoisotopic (exact) mass is 203 g/mol. The third-order valence-electron chi connectivity index (χ3n) is 2.34. The quantitative estimate of drug-likeness (QED) is 0.671. The standard InChI is InChI=1S/C11H13N3O/c1-8-3-2-4-9-10(6-5-8)14-11(13-9)12-7-15/h2-4,6-8H,5H2,1H3,(H2,12,13,14,15)/b3-2?,9-4+,10-6-. The average molecular weight is 203 g/mol. The molecule has 1 aliphatic rings. The summed E-state index contributed by atoms with van der Waals surface area (Å²) in [6, 6.07) is 0. The van der Waals surface area contributed by atoms with Crippen molar-refractivity contribution in [3.63, 3.8) is 0 Å². The van der Waals surface area contributed by atoms with Crippen molar-refractivity contribution in [1.29, 1.82) is 0 Å². The van der Waals surface area contributed by atoms with Gasteiger partial charge in [0.15, 0.2) is 0 Å². The van der Waals surface area contributed by atoms with Gasteiger partial charge in [-0.2, -0.15) is 0 Å². The van der Waals surface area contributed by atoms with E-state index in [0.717, 1.165) is 17.1 Å². The second-order valence-electron chi connectivity index (χ2n) is 3.62. The van der Waals surface area contributed by atoms with Crippen LogP contribution in [0.1, 0.15) is 13.3 Å². The van der Waals surface area contributed by atoms with Gasteiger partial charge < -0.3 is 4.98 Å². The van der Waals surface area contributed by atoms with Crippen LogP contribution in [-0.2, 0) is 4.79 Å². The number of hydrogen-bond acceptors (Lipinski definition) is 2. The first-order chi connectivity index (χ1) is 7.29. The summed E-state index contributed by atoms with van der Waals surface area (Å²) >= 11 is 0. The number of rotatable bonds is 2. The van der Waals surface area contributed by atoms with Gasteiger partial charge in [0.25, 0.3) is 0 Å². The number of fused-ring (bicyclic) bond motifs is 1. The zero-order valence-electron chi connectivity index (χ0n) is 8.53.